The first-order chi connectivity index (χ1) is 17.4. The third-order valence-electron chi connectivity index (χ3n) is 8.95. The zero-order chi connectivity index (χ0) is 24.9. The summed E-state index contributed by atoms with van der Waals surface area (Å²) in [6.07, 6.45) is 7.70. The number of benzene rings is 2. The van der Waals surface area contributed by atoms with Crippen LogP contribution in [0.15, 0.2) is 54.6 Å². The molecule has 6 nitrogen and oxygen atoms in total. The fourth-order valence-corrected chi connectivity index (χ4v) is 7.68. The monoisotopic (exact) mass is 485 g/mol. The van der Waals surface area contributed by atoms with Crippen molar-refractivity contribution in [3.8, 4) is 0 Å². The van der Waals surface area contributed by atoms with Gasteiger partial charge in [0.1, 0.15) is 6.04 Å². The minimum atomic E-state index is -0.781. The van der Waals surface area contributed by atoms with Crippen LogP contribution >= 0.6 is 0 Å². The van der Waals surface area contributed by atoms with Gasteiger partial charge in [-0.1, -0.05) is 48.0 Å². The number of aryl methyl sites for hydroxylation is 1. The Morgan fingerprint density at radius 1 is 0.944 bits per heavy atom. The largest absolute Gasteiger partial charge is 0.333 e. The van der Waals surface area contributed by atoms with E-state index in [9.17, 15) is 14.4 Å². The molecule has 5 aliphatic rings. The molecule has 1 aliphatic heterocycles. The molecule has 7 rings (SSSR count). The molecule has 0 spiro atoms. The summed E-state index contributed by atoms with van der Waals surface area (Å²) in [5.74, 6) is 1.57. The Hall–Kier alpha value is -3.15. The van der Waals surface area contributed by atoms with Crippen LogP contribution in [0, 0.1) is 24.7 Å². The number of carbonyl (C=O) groups is 3. The first-order valence-electron chi connectivity index (χ1n) is 13.5. The fourth-order valence-electron chi connectivity index (χ4n) is 7.68. The predicted octanol–water partition coefficient (Wildman–Crippen LogP) is 4.85. The van der Waals surface area contributed by atoms with Crippen LogP contribution in [-0.4, -0.2) is 40.9 Å². The van der Waals surface area contributed by atoms with Crippen molar-refractivity contribution < 1.29 is 14.4 Å². The van der Waals surface area contributed by atoms with E-state index in [0.717, 1.165) is 30.4 Å². The maximum Gasteiger partial charge on any atom is 0.318 e. The Labute approximate surface area is 213 Å². The highest BCUT2D eigenvalue weighted by Crippen LogP contribution is 2.55. The van der Waals surface area contributed by atoms with Gasteiger partial charge in [0.05, 0.1) is 12.1 Å². The summed E-state index contributed by atoms with van der Waals surface area (Å²) in [4.78, 5) is 43.5. The molecule has 1 saturated heterocycles. The van der Waals surface area contributed by atoms with Gasteiger partial charge >= 0.3 is 6.03 Å². The lowest BCUT2D eigenvalue weighted by molar-refractivity contribution is -0.122. The zero-order valence-electron chi connectivity index (χ0n) is 21.0. The van der Waals surface area contributed by atoms with Gasteiger partial charge in [-0.15, -0.1) is 0 Å². The first-order valence-corrected chi connectivity index (χ1v) is 13.5. The number of imide groups is 1. The van der Waals surface area contributed by atoms with Crippen LogP contribution in [0.25, 0.3) is 0 Å². The van der Waals surface area contributed by atoms with Gasteiger partial charge in [0.2, 0.25) is 5.91 Å². The lowest BCUT2D eigenvalue weighted by Crippen LogP contribution is -2.63. The van der Waals surface area contributed by atoms with Crippen molar-refractivity contribution in [2.45, 2.75) is 69.9 Å². The molecule has 0 unspecified atom stereocenters. The van der Waals surface area contributed by atoms with Gasteiger partial charge < -0.3 is 10.2 Å². The van der Waals surface area contributed by atoms with E-state index in [2.05, 4.69) is 5.32 Å². The molecule has 5 fully saturated rings. The average molecular weight is 486 g/mol. The molecule has 2 aromatic carbocycles. The molecule has 188 valence electrons. The first kappa shape index (κ1) is 23.3. The molecule has 1 heterocycles. The van der Waals surface area contributed by atoms with Crippen molar-refractivity contribution in [3.63, 3.8) is 0 Å². The predicted molar refractivity (Wildman–Crippen MR) is 138 cm³/mol. The highest BCUT2D eigenvalue weighted by molar-refractivity contribution is 6.23. The second-order valence-corrected chi connectivity index (χ2v) is 11.7. The number of rotatable bonds is 6. The molecular weight excluding hydrogens is 450 g/mol. The molecule has 1 N–H and O–H groups in total. The summed E-state index contributed by atoms with van der Waals surface area (Å²) in [5.41, 5.74) is 2.59. The van der Waals surface area contributed by atoms with Crippen LogP contribution in [0.3, 0.4) is 0 Å². The van der Waals surface area contributed by atoms with E-state index in [1.807, 2.05) is 49.4 Å². The second-order valence-electron chi connectivity index (χ2n) is 11.7. The van der Waals surface area contributed by atoms with Crippen LogP contribution in [0.5, 0.6) is 0 Å². The lowest BCUT2D eigenvalue weighted by atomic mass is 9.53. The van der Waals surface area contributed by atoms with Crippen molar-refractivity contribution in [3.05, 3.63) is 65.7 Å². The molecule has 4 amide bonds. The van der Waals surface area contributed by atoms with Crippen LogP contribution in [-0.2, 0) is 16.0 Å². The number of carbonyl (C=O) groups excluding carboxylic acids is 3. The molecule has 36 heavy (non-hydrogen) atoms. The van der Waals surface area contributed by atoms with Gasteiger partial charge in [-0.3, -0.25) is 9.59 Å². The quantitative estimate of drug-likeness (QED) is 0.595. The van der Waals surface area contributed by atoms with Crippen molar-refractivity contribution in [1.82, 2.24) is 10.2 Å². The normalized spacial score (nSPS) is 30.6. The maximum absolute atomic E-state index is 13.9. The lowest BCUT2D eigenvalue weighted by Gasteiger charge is -2.57. The fraction of sp³-hybridized carbons (Fsp3) is 0.500. The van der Waals surface area contributed by atoms with Gasteiger partial charge in [0, 0.05) is 12.1 Å². The Bertz CT molecular complexity index is 1120. The summed E-state index contributed by atoms with van der Waals surface area (Å²) >= 11 is 0. The van der Waals surface area contributed by atoms with Crippen molar-refractivity contribution in [2.24, 2.45) is 17.8 Å². The van der Waals surface area contributed by atoms with Gasteiger partial charge in [0.25, 0.3) is 5.91 Å². The Morgan fingerprint density at radius 3 is 2.17 bits per heavy atom. The van der Waals surface area contributed by atoms with Gasteiger partial charge in [0.15, 0.2) is 0 Å². The highest BCUT2D eigenvalue weighted by atomic mass is 16.2. The van der Waals surface area contributed by atoms with E-state index < -0.39 is 6.04 Å². The smallest absolute Gasteiger partial charge is 0.318 e. The summed E-state index contributed by atoms with van der Waals surface area (Å²) in [5, 5.41) is 3.44. The van der Waals surface area contributed by atoms with Gasteiger partial charge in [-0.25, -0.2) is 9.69 Å². The van der Waals surface area contributed by atoms with E-state index in [4.69, 9.17) is 0 Å². The Balaban J connectivity index is 1.25. The summed E-state index contributed by atoms with van der Waals surface area (Å²) in [6.45, 7) is 2.37. The van der Waals surface area contributed by atoms with Crippen molar-refractivity contribution in [2.75, 3.05) is 11.4 Å². The number of urea groups is 1. The molecule has 4 saturated carbocycles. The van der Waals surface area contributed by atoms with Crippen molar-refractivity contribution in [1.29, 1.82) is 0 Å². The summed E-state index contributed by atoms with van der Waals surface area (Å²) in [6, 6.07) is 16.4. The van der Waals surface area contributed by atoms with Gasteiger partial charge in [-0.05, 0) is 87.3 Å². The van der Waals surface area contributed by atoms with Crippen LogP contribution in [0.4, 0.5) is 10.5 Å². The Morgan fingerprint density at radius 2 is 1.56 bits per heavy atom. The number of nitrogens with one attached hydrogen (secondary N) is 1. The third kappa shape index (κ3) is 4.31. The standard InChI is InChI=1S/C30H35N3O3/c1-20-7-9-25(10-8-20)33-27(34)16-26(28(33)35)32(12-11-21-5-3-2-4-6-21)29(36)31-30-17-22-13-23(18-30)15-24(14-22)19-30/h2-10,22-24,26H,11-19H2,1H3,(H,31,36)/t22?,23?,24?,26-,30?/m0/s1. The average Bonchev–Trinajstić information content (AvgIpc) is 3.13. The van der Waals surface area contributed by atoms with E-state index in [1.54, 1.807) is 17.0 Å². The number of hydrogen-bond acceptors (Lipinski definition) is 3. The third-order valence-corrected chi connectivity index (χ3v) is 8.95. The Kier molecular flexibility index (Phi) is 5.85. The molecule has 4 bridgehead atoms. The molecule has 0 radical (unpaired) electrons. The topological polar surface area (TPSA) is 69.7 Å². The molecule has 6 heteroatoms. The number of hydrogen-bond donors (Lipinski definition) is 1. The molecule has 0 aromatic heterocycles. The second kappa shape index (κ2) is 9.06. The minimum Gasteiger partial charge on any atom is -0.333 e. The van der Waals surface area contributed by atoms with E-state index in [-0.39, 0.29) is 29.8 Å². The molecule has 1 atom stereocenters. The van der Waals surface area contributed by atoms with Crippen LogP contribution < -0.4 is 10.2 Å². The van der Waals surface area contributed by atoms with Crippen molar-refractivity contribution >= 4 is 23.5 Å². The summed E-state index contributed by atoms with van der Waals surface area (Å²) in [7, 11) is 0. The summed E-state index contributed by atoms with van der Waals surface area (Å²) < 4.78 is 0. The maximum atomic E-state index is 13.9. The minimum absolute atomic E-state index is 0.0236. The zero-order valence-corrected chi connectivity index (χ0v) is 21.0. The molecule has 2 aromatic rings. The molecule has 4 aliphatic carbocycles. The highest BCUT2D eigenvalue weighted by Gasteiger charge is 2.53. The number of anilines is 1. The number of nitrogens with zero attached hydrogens (tertiary/aromatic N) is 2. The van der Waals surface area contributed by atoms with E-state index >= 15 is 0 Å². The van der Waals surface area contributed by atoms with Gasteiger partial charge in [-0.2, -0.15) is 0 Å². The SMILES string of the molecule is Cc1ccc(N2C(=O)C[C@H](N(CCc3ccccc3)C(=O)NC34CC5CC(CC(C5)C3)C4)C2=O)cc1. The van der Waals surface area contributed by atoms with Crippen LogP contribution in [0.1, 0.15) is 56.1 Å². The number of amides is 4. The van der Waals surface area contributed by atoms with Crippen LogP contribution in [0.2, 0.25) is 0 Å². The van der Waals surface area contributed by atoms with E-state index in [1.165, 1.54) is 24.2 Å². The molecular formula is C30H35N3O3. The van der Waals surface area contributed by atoms with E-state index in [0.29, 0.717) is 36.4 Å².